The number of anilines is 1. The van der Waals surface area contributed by atoms with Crippen molar-refractivity contribution < 1.29 is 53.9 Å². The summed E-state index contributed by atoms with van der Waals surface area (Å²) in [6, 6.07) is 9.64. The highest BCUT2D eigenvalue weighted by Gasteiger charge is 2.40. The van der Waals surface area contributed by atoms with Crippen LogP contribution in [0.3, 0.4) is 0 Å². The lowest BCUT2D eigenvalue weighted by atomic mass is 9.83. The molecule has 2 fully saturated rings. The van der Waals surface area contributed by atoms with Gasteiger partial charge >= 0.3 is 5.97 Å². The number of rotatable bonds is 17. The number of hydrogen-bond acceptors (Lipinski definition) is 12. The van der Waals surface area contributed by atoms with E-state index in [9.17, 15) is 44.5 Å². The number of carbonyl (C=O) groups excluding carboxylic acids is 3. The minimum atomic E-state index is -4.48. The van der Waals surface area contributed by atoms with Crippen LogP contribution in [0.25, 0.3) is 16.3 Å². The van der Waals surface area contributed by atoms with Gasteiger partial charge in [0, 0.05) is 80.0 Å². The number of amides is 2. The third kappa shape index (κ3) is 9.77. The lowest BCUT2D eigenvalue weighted by Gasteiger charge is -2.27. The number of sulfonamides is 1. The van der Waals surface area contributed by atoms with Crippen LogP contribution in [0, 0.1) is 0 Å². The molecular formula is C39H48N4O11S4. The minimum absolute atomic E-state index is 0.0118. The average molecular weight is 877 g/mol. The summed E-state index contributed by atoms with van der Waals surface area (Å²) in [5.74, 6) is -1.71. The zero-order chi connectivity index (χ0) is 41.8. The zero-order valence-electron chi connectivity index (χ0n) is 32.5. The number of allylic oxidation sites excluding steroid dienone is 3. The molecule has 6 rings (SSSR count). The average Bonchev–Trinajstić information content (AvgIpc) is 3.76. The molecule has 1 N–H and O–H groups in total. The van der Waals surface area contributed by atoms with Crippen LogP contribution in [-0.2, 0) is 62.4 Å². The monoisotopic (exact) mass is 876 g/mol. The van der Waals surface area contributed by atoms with Crippen LogP contribution in [-0.4, -0.2) is 82.7 Å². The normalized spacial score (nSPS) is 18.9. The molecule has 58 heavy (non-hydrogen) atoms. The first kappa shape index (κ1) is 43.7. The quantitative estimate of drug-likeness (QED) is 0.0617. The standard InChI is InChI=1S/C39H48N4O11S4/c1-39(2)30-26-29(58(51,52)53)16-17-31(30)41(23-8-3-5-14-38(46)54-43-35(44)19-20-36(43)45)34(39)12-11-13-37-42(24-9-10-25-56(47)48)32-18-15-28(27-33(32)55-37)57(49,50)40-21-6-4-7-22-40/h11-13,15-18,26-27H,3-10,14,19-25H2,1-2H3,(H-,47,48,51,52,53). The molecule has 1 aromatic heterocycles. The molecule has 1 atom stereocenters. The molecule has 0 aliphatic carbocycles. The maximum absolute atomic E-state index is 13.6. The zero-order valence-corrected chi connectivity index (χ0v) is 35.7. The molecule has 0 bridgehead atoms. The number of thiazole rings is 1. The highest BCUT2D eigenvalue weighted by atomic mass is 32.2. The van der Waals surface area contributed by atoms with Gasteiger partial charge in [0.15, 0.2) is 6.54 Å². The largest absolute Gasteiger partial charge is 0.772 e. The lowest BCUT2D eigenvalue weighted by Crippen LogP contribution is -2.36. The Bertz CT molecular complexity index is 2370. The Morgan fingerprint density at radius 3 is 2.36 bits per heavy atom. The van der Waals surface area contributed by atoms with E-state index >= 15 is 0 Å². The number of unbranched alkanes of at least 4 members (excludes halogenated alkanes) is 3. The topological polar surface area (TPSA) is 203 Å². The van der Waals surface area contributed by atoms with Gasteiger partial charge < -0.3 is 14.3 Å². The van der Waals surface area contributed by atoms with Gasteiger partial charge in [-0.1, -0.05) is 55.2 Å². The van der Waals surface area contributed by atoms with E-state index in [0.29, 0.717) is 68.9 Å². The van der Waals surface area contributed by atoms with E-state index in [1.807, 2.05) is 32.1 Å². The number of carbonyl (C=O) groups is 3. The SMILES string of the molecule is CC1(C)/C(=C\C=C\c2sc3cc(S(=O)(=O)N4CCCCC4)ccc3[n+]2CCCCS(=O)[O-])N(CCCCCC(=O)ON2C(=O)CCC2=O)c2ccc(S(=O)(=O)O)cc21. The van der Waals surface area contributed by atoms with E-state index in [2.05, 4.69) is 9.47 Å². The molecule has 2 amide bonds. The van der Waals surface area contributed by atoms with Crippen molar-refractivity contribution in [2.75, 3.05) is 30.3 Å². The Hall–Kier alpha value is -3.85. The second-order valence-electron chi connectivity index (χ2n) is 15.1. The molecule has 3 aliphatic rings. The van der Waals surface area contributed by atoms with Crippen LogP contribution in [0.4, 0.5) is 5.69 Å². The van der Waals surface area contributed by atoms with Crippen molar-refractivity contribution in [2.24, 2.45) is 0 Å². The number of hydrogen-bond donors (Lipinski definition) is 1. The highest BCUT2D eigenvalue weighted by Crippen LogP contribution is 2.48. The molecule has 3 aliphatic heterocycles. The number of fused-ring (bicyclic) bond motifs is 2. The molecule has 0 radical (unpaired) electrons. The third-order valence-corrected chi connectivity index (χ3v) is 15.2. The van der Waals surface area contributed by atoms with Crippen LogP contribution in [0.5, 0.6) is 0 Å². The summed E-state index contributed by atoms with van der Waals surface area (Å²) in [5.41, 5.74) is 2.42. The van der Waals surface area contributed by atoms with Gasteiger partial charge in [0.2, 0.25) is 15.5 Å². The number of piperidine rings is 1. The number of imide groups is 1. The smallest absolute Gasteiger partial charge is 0.333 e. The third-order valence-electron chi connectivity index (χ3n) is 10.7. The first-order valence-electron chi connectivity index (χ1n) is 19.4. The predicted molar refractivity (Wildman–Crippen MR) is 217 cm³/mol. The minimum Gasteiger partial charge on any atom is -0.772 e. The van der Waals surface area contributed by atoms with Crippen molar-refractivity contribution in [2.45, 2.75) is 106 Å². The maximum Gasteiger partial charge on any atom is 0.333 e. The van der Waals surface area contributed by atoms with Crippen molar-refractivity contribution in [1.82, 2.24) is 9.37 Å². The molecule has 4 heterocycles. The number of benzene rings is 2. The highest BCUT2D eigenvalue weighted by molar-refractivity contribution is 7.89. The van der Waals surface area contributed by atoms with Crippen LogP contribution < -0.4 is 9.47 Å². The predicted octanol–water partition coefficient (Wildman–Crippen LogP) is 5.13. The summed E-state index contributed by atoms with van der Waals surface area (Å²) in [5, 5.41) is 1.36. The summed E-state index contributed by atoms with van der Waals surface area (Å²) >= 11 is -0.731. The van der Waals surface area contributed by atoms with Crippen LogP contribution in [0.2, 0.25) is 0 Å². The Morgan fingerprint density at radius 2 is 1.67 bits per heavy atom. The van der Waals surface area contributed by atoms with Gasteiger partial charge in [0.25, 0.3) is 26.9 Å². The molecule has 3 aromatic rings. The first-order valence-corrected chi connectivity index (χ1v) is 24.3. The second kappa shape index (κ2) is 18.2. The molecule has 2 aromatic carbocycles. The molecule has 0 spiro atoms. The summed E-state index contributed by atoms with van der Waals surface area (Å²) in [6.07, 6.45) is 11.1. The summed E-state index contributed by atoms with van der Waals surface area (Å²) < 4.78 is 88.1. The Balaban J connectivity index is 1.26. The number of nitrogens with zero attached hydrogens (tertiary/aromatic N) is 4. The summed E-state index contributed by atoms with van der Waals surface area (Å²) in [7, 11) is -8.15. The molecular weight excluding hydrogens is 829 g/mol. The molecule has 314 valence electrons. The van der Waals surface area contributed by atoms with Crippen molar-refractivity contribution in [3.05, 3.63) is 64.8 Å². The number of hydroxylamine groups is 2. The van der Waals surface area contributed by atoms with Gasteiger partial charge in [-0.25, -0.2) is 13.2 Å². The van der Waals surface area contributed by atoms with Gasteiger partial charge in [0.1, 0.15) is 4.70 Å². The first-order chi connectivity index (χ1) is 27.5. The van der Waals surface area contributed by atoms with Crippen LogP contribution in [0.1, 0.15) is 95.0 Å². The van der Waals surface area contributed by atoms with Crippen molar-refractivity contribution in [1.29, 1.82) is 0 Å². The molecule has 0 saturated carbocycles. The lowest BCUT2D eigenvalue weighted by molar-refractivity contribution is -0.669. The van der Waals surface area contributed by atoms with E-state index in [-0.39, 0.29) is 34.8 Å². The van der Waals surface area contributed by atoms with Gasteiger partial charge in [-0.2, -0.15) is 17.3 Å². The Labute approximate surface area is 345 Å². The fourth-order valence-electron chi connectivity index (χ4n) is 7.64. The fraction of sp³-hybridized carbons (Fsp3) is 0.487. The van der Waals surface area contributed by atoms with E-state index in [0.717, 1.165) is 45.9 Å². The number of aryl methyl sites for hydroxylation is 1. The Kier molecular flexibility index (Phi) is 13.7. The Morgan fingerprint density at radius 1 is 0.966 bits per heavy atom. The summed E-state index contributed by atoms with van der Waals surface area (Å²) in [6.45, 7) is 5.90. The van der Waals surface area contributed by atoms with E-state index in [1.54, 1.807) is 24.3 Å². The van der Waals surface area contributed by atoms with E-state index in [4.69, 9.17) is 4.84 Å². The van der Waals surface area contributed by atoms with E-state index in [1.165, 1.54) is 27.8 Å². The molecule has 2 saturated heterocycles. The van der Waals surface area contributed by atoms with Crippen LogP contribution >= 0.6 is 11.3 Å². The summed E-state index contributed by atoms with van der Waals surface area (Å²) in [4.78, 5) is 43.0. The number of aromatic nitrogens is 1. The van der Waals surface area contributed by atoms with Gasteiger partial charge in [-0.15, -0.1) is 5.06 Å². The van der Waals surface area contributed by atoms with Gasteiger partial charge in [0.05, 0.1) is 9.79 Å². The fourth-order valence-corrected chi connectivity index (χ4v) is 11.3. The molecule has 15 nitrogen and oxygen atoms in total. The second-order valence-corrected chi connectivity index (χ2v) is 20.5. The van der Waals surface area contributed by atoms with Gasteiger partial charge in [-0.3, -0.25) is 18.4 Å². The van der Waals surface area contributed by atoms with E-state index < -0.39 is 54.4 Å². The molecule has 19 heteroatoms. The maximum atomic E-state index is 13.6. The van der Waals surface area contributed by atoms with Crippen molar-refractivity contribution in [3.63, 3.8) is 0 Å². The molecule has 1 unspecified atom stereocenters. The van der Waals surface area contributed by atoms with Crippen LogP contribution in [0.15, 0.2) is 64.0 Å². The van der Waals surface area contributed by atoms with Crippen molar-refractivity contribution in [3.8, 4) is 0 Å². The van der Waals surface area contributed by atoms with Gasteiger partial charge in [-0.05, 0) is 74.1 Å². The van der Waals surface area contributed by atoms with Crippen molar-refractivity contribution >= 4 is 82.3 Å².